The Kier molecular flexibility index (Phi) is 6.26. The molecule has 156 valence electrons. The molecule has 30 heavy (non-hydrogen) atoms. The molecule has 0 saturated carbocycles. The fourth-order valence-corrected chi connectivity index (χ4v) is 4.00. The van der Waals surface area contributed by atoms with Crippen LogP contribution in [-0.2, 0) is 14.8 Å². The molecule has 0 bridgehead atoms. The van der Waals surface area contributed by atoms with E-state index >= 15 is 0 Å². The number of carbonyl (C=O) groups is 1. The van der Waals surface area contributed by atoms with Crippen LogP contribution in [-0.4, -0.2) is 43.6 Å². The SMILES string of the molecule is CN1CCC/C1=N/S(=O)(=O)c1ccc(NC(=O)/C=C/c2cccc([N+](=O)[O-])c2)cc1. The van der Waals surface area contributed by atoms with Crippen molar-refractivity contribution in [2.75, 3.05) is 18.9 Å². The maximum absolute atomic E-state index is 12.4. The Morgan fingerprint density at radius 1 is 1.23 bits per heavy atom. The lowest BCUT2D eigenvalue weighted by Crippen LogP contribution is -2.20. The molecule has 1 saturated heterocycles. The quantitative estimate of drug-likeness (QED) is 0.429. The number of nitro groups is 1. The van der Waals surface area contributed by atoms with E-state index in [0.29, 0.717) is 23.5 Å². The summed E-state index contributed by atoms with van der Waals surface area (Å²) in [6.45, 7) is 0.781. The monoisotopic (exact) mass is 428 g/mol. The zero-order chi connectivity index (χ0) is 21.7. The van der Waals surface area contributed by atoms with E-state index in [1.807, 2.05) is 4.90 Å². The number of amides is 1. The van der Waals surface area contributed by atoms with Gasteiger partial charge in [-0.05, 0) is 42.3 Å². The molecule has 1 N–H and O–H groups in total. The molecule has 0 atom stereocenters. The van der Waals surface area contributed by atoms with Crippen molar-refractivity contribution in [3.8, 4) is 0 Å². The number of sulfonamides is 1. The van der Waals surface area contributed by atoms with E-state index in [1.165, 1.54) is 54.6 Å². The van der Waals surface area contributed by atoms with Crippen molar-refractivity contribution >= 4 is 39.2 Å². The van der Waals surface area contributed by atoms with E-state index in [-0.39, 0.29) is 10.6 Å². The lowest BCUT2D eigenvalue weighted by molar-refractivity contribution is -0.384. The predicted octanol–water partition coefficient (Wildman–Crippen LogP) is 3.06. The zero-order valence-corrected chi connectivity index (χ0v) is 17.0. The second-order valence-electron chi connectivity index (χ2n) is 6.71. The van der Waals surface area contributed by atoms with Crippen LogP contribution in [0.3, 0.4) is 0 Å². The number of nitrogens with zero attached hydrogens (tertiary/aromatic N) is 3. The van der Waals surface area contributed by atoms with E-state index in [0.717, 1.165) is 13.0 Å². The van der Waals surface area contributed by atoms with Gasteiger partial charge in [0.15, 0.2) is 0 Å². The molecule has 2 aromatic carbocycles. The van der Waals surface area contributed by atoms with Gasteiger partial charge in [-0.15, -0.1) is 4.40 Å². The second kappa shape index (κ2) is 8.87. The third kappa shape index (κ3) is 5.29. The number of likely N-dealkylation sites (tertiary alicyclic amines) is 1. The van der Waals surface area contributed by atoms with Crippen LogP contribution < -0.4 is 5.32 Å². The van der Waals surface area contributed by atoms with Crippen LogP contribution in [0.5, 0.6) is 0 Å². The average Bonchev–Trinajstić information content (AvgIpc) is 3.11. The molecule has 0 aliphatic carbocycles. The summed E-state index contributed by atoms with van der Waals surface area (Å²) in [5, 5.41) is 13.4. The standard InChI is InChI=1S/C20H20N4O5S/c1-23-13-3-6-19(23)22-30(28,29)18-10-8-16(9-11-18)21-20(25)12-7-15-4-2-5-17(14-15)24(26)27/h2,4-5,7-12,14H,3,6,13H2,1H3,(H,21,25)/b12-7+,22-19-. The molecule has 9 nitrogen and oxygen atoms in total. The number of nitro benzene ring substituents is 1. The number of non-ortho nitro benzene ring substituents is 1. The first-order valence-corrected chi connectivity index (χ1v) is 10.6. The molecule has 1 amide bonds. The van der Waals surface area contributed by atoms with Crippen molar-refractivity contribution in [1.82, 2.24) is 4.90 Å². The fourth-order valence-electron chi connectivity index (χ4n) is 2.91. The first-order chi connectivity index (χ1) is 14.2. The van der Waals surface area contributed by atoms with Crippen molar-refractivity contribution in [3.05, 3.63) is 70.3 Å². The Balaban J connectivity index is 1.66. The van der Waals surface area contributed by atoms with Gasteiger partial charge in [0.1, 0.15) is 5.84 Å². The van der Waals surface area contributed by atoms with Gasteiger partial charge in [0, 0.05) is 43.9 Å². The topological polar surface area (TPSA) is 122 Å². The van der Waals surface area contributed by atoms with Crippen molar-refractivity contribution < 1.29 is 18.1 Å². The van der Waals surface area contributed by atoms with E-state index < -0.39 is 20.9 Å². The lowest BCUT2D eigenvalue weighted by atomic mass is 10.2. The van der Waals surface area contributed by atoms with Gasteiger partial charge in [-0.3, -0.25) is 14.9 Å². The average molecular weight is 428 g/mol. The summed E-state index contributed by atoms with van der Waals surface area (Å²) in [7, 11) is -2.01. The summed E-state index contributed by atoms with van der Waals surface area (Å²) >= 11 is 0. The Morgan fingerprint density at radius 2 is 1.97 bits per heavy atom. The molecule has 1 fully saturated rings. The summed E-state index contributed by atoms with van der Waals surface area (Å²) in [4.78, 5) is 24.2. The van der Waals surface area contributed by atoms with E-state index in [4.69, 9.17) is 0 Å². The van der Waals surface area contributed by atoms with Crippen LogP contribution in [0.2, 0.25) is 0 Å². The van der Waals surface area contributed by atoms with Crippen LogP contribution in [0.25, 0.3) is 6.08 Å². The van der Waals surface area contributed by atoms with Gasteiger partial charge >= 0.3 is 0 Å². The third-order valence-electron chi connectivity index (χ3n) is 4.49. The van der Waals surface area contributed by atoms with E-state index in [1.54, 1.807) is 13.1 Å². The minimum atomic E-state index is -3.81. The summed E-state index contributed by atoms with van der Waals surface area (Å²) in [6, 6.07) is 11.6. The van der Waals surface area contributed by atoms with Crippen molar-refractivity contribution in [3.63, 3.8) is 0 Å². The summed E-state index contributed by atoms with van der Waals surface area (Å²) in [6.07, 6.45) is 4.20. The predicted molar refractivity (Wildman–Crippen MR) is 114 cm³/mol. The van der Waals surface area contributed by atoms with Crippen molar-refractivity contribution in [2.45, 2.75) is 17.7 Å². The molecule has 1 heterocycles. The molecule has 3 rings (SSSR count). The highest BCUT2D eigenvalue weighted by Crippen LogP contribution is 2.19. The molecule has 1 aliphatic rings. The lowest BCUT2D eigenvalue weighted by Gasteiger charge is -2.11. The molecule has 2 aromatic rings. The van der Waals surface area contributed by atoms with Gasteiger partial charge in [-0.1, -0.05) is 12.1 Å². The highest BCUT2D eigenvalue weighted by atomic mass is 32.2. The van der Waals surface area contributed by atoms with Crippen LogP contribution in [0.1, 0.15) is 18.4 Å². The van der Waals surface area contributed by atoms with E-state index in [9.17, 15) is 23.3 Å². The summed E-state index contributed by atoms with van der Waals surface area (Å²) in [5.41, 5.74) is 0.854. The first kappa shape index (κ1) is 21.2. The van der Waals surface area contributed by atoms with Crippen LogP contribution >= 0.6 is 0 Å². The maximum Gasteiger partial charge on any atom is 0.283 e. The van der Waals surface area contributed by atoms with Crippen LogP contribution in [0, 0.1) is 10.1 Å². The molecule has 0 radical (unpaired) electrons. The zero-order valence-electron chi connectivity index (χ0n) is 16.2. The van der Waals surface area contributed by atoms with Crippen LogP contribution in [0.15, 0.2) is 63.9 Å². The van der Waals surface area contributed by atoms with Gasteiger partial charge in [0.05, 0.1) is 9.82 Å². The van der Waals surface area contributed by atoms with Gasteiger partial charge in [-0.2, -0.15) is 8.42 Å². The molecule has 1 aliphatic heterocycles. The van der Waals surface area contributed by atoms with Gasteiger partial charge in [0.2, 0.25) is 5.91 Å². The minimum Gasteiger partial charge on any atom is -0.362 e. The molecule has 10 heteroatoms. The Labute approximate surface area is 173 Å². The molecule has 0 aromatic heterocycles. The van der Waals surface area contributed by atoms with E-state index in [2.05, 4.69) is 9.71 Å². The van der Waals surface area contributed by atoms with Gasteiger partial charge in [-0.25, -0.2) is 0 Å². The Morgan fingerprint density at radius 3 is 2.60 bits per heavy atom. The van der Waals surface area contributed by atoms with Gasteiger partial charge in [0.25, 0.3) is 15.7 Å². The largest absolute Gasteiger partial charge is 0.362 e. The minimum absolute atomic E-state index is 0.0421. The number of carbonyl (C=O) groups excluding carboxylic acids is 1. The molecular weight excluding hydrogens is 408 g/mol. The van der Waals surface area contributed by atoms with Gasteiger partial charge < -0.3 is 10.2 Å². The summed E-state index contributed by atoms with van der Waals surface area (Å²) in [5.74, 6) is 0.0867. The number of nitrogens with one attached hydrogen (secondary N) is 1. The highest BCUT2D eigenvalue weighted by molar-refractivity contribution is 7.90. The Hall–Kier alpha value is -3.53. The van der Waals surface area contributed by atoms with Crippen LogP contribution in [0.4, 0.5) is 11.4 Å². The first-order valence-electron chi connectivity index (χ1n) is 9.13. The third-order valence-corrected chi connectivity index (χ3v) is 5.81. The summed E-state index contributed by atoms with van der Waals surface area (Å²) < 4.78 is 28.8. The highest BCUT2D eigenvalue weighted by Gasteiger charge is 2.20. The molecule has 0 spiro atoms. The number of amidine groups is 1. The number of hydrogen-bond donors (Lipinski definition) is 1. The normalized spacial score (nSPS) is 15.6. The Bertz CT molecular complexity index is 1120. The van der Waals surface area contributed by atoms with Crippen molar-refractivity contribution in [1.29, 1.82) is 0 Å². The second-order valence-corrected chi connectivity index (χ2v) is 8.31. The maximum atomic E-state index is 12.4. The number of anilines is 1. The molecular formula is C20H20N4O5S. The fraction of sp³-hybridized carbons (Fsp3) is 0.200. The molecule has 0 unspecified atom stereocenters. The number of rotatable bonds is 6. The van der Waals surface area contributed by atoms with Crippen molar-refractivity contribution in [2.24, 2.45) is 4.40 Å². The number of benzene rings is 2. The smallest absolute Gasteiger partial charge is 0.283 e. The number of hydrogen-bond acceptors (Lipinski definition) is 5.